The Hall–Kier alpha value is -5.40. The zero-order valence-electron chi connectivity index (χ0n) is 24.8. The van der Waals surface area contributed by atoms with Gasteiger partial charge >= 0.3 is 0 Å². The predicted molar refractivity (Wildman–Crippen MR) is 187 cm³/mol. The molecule has 0 fully saturated rings. The third-order valence-electron chi connectivity index (χ3n) is 9.12. The monoisotopic (exact) mass is 563 g/mol. The fourth-order valence-electron chi connectivity index (χ4n) is 6.87. The zero-order valence-corrected chi connectivity index (χ0v) is 24.8. The number of aromatic nitrogens is 1. The Morgan fingerprint density at radius 2 is 1.16 bits per heavy atom. The molecule has 7 aromatic rings. The maximum atomic E-state index is 2.45. The summed E-state index contributed by atoms with van der Waals surface area (Å²) in [6.45, 7) is 2.33. The van der Waals surface area contributed by atoms with Crippen LogP contribution in [-0.4, -0.2) is 4.57 Å². The lowest BCUT2D eigenvalue weighted by atomic mass is 9.79. The van der Waals surface area contributed by atoms with Gasteiger partial charge in [0, 0.05) is 22.4 Å². The van der Waals surface area contributed by atoms with E-state index in [1.54, 1.807) is 0 Å². The number of benzene rings is 6. The molecule has 0 amide bonds. The van der Waals surface area contributed by atoms with E-state index >= 15 is 0 Å². The first kappa shape index (κ1) is 26.2. The van der Waals surface area contributed by atoms with E-state index in [0.717, 1.165) is 0 Å². The van der Waals surface area contributed by atoms with E-state index in [0.29, 0.717) is 11.8 Å². The molecule has 1 heteroatoms. The smallest absolute Gasteiger partial charge is 0.0541 e. The summed E-state index contributed by atoms with van der Waals surface area (Å²) in [7, 11) is 0. The molecule has 0 saturated carbocycles. The van der Waals surface area contributed by atoms with Gasteiger partial charge in [-0.05, 0) is 81.3 Å². The van der Waals surface area contributed by atoms with Gasteiger partial charge in [-0.25, -0.2) is 0 Å². The highest BCUT2D eigenvalue weighted by atomic mass is 15.0. The van der Waals surface area contributed by atoms with E-state index < -0.39 is 0 Å². The Labute approximate surface area is 259 Å². The van der Waals surface area contributed by atoms with Crippen molar-refractivity contribution < 1.29 is 0 Å². The topological polar surface area (TPSA) is 4.93 Å². The van der Waals surface area contributed by atoms with Gasteiger partial charge in [0.25, 0.3) is 0 Å². The fourth-order valence-corrected chi connectivity index (χ4v) is 6.87. The van der Waals surface area contributed by atoms with Crippen molar-refractivity contribution in [3.05, 3.63) is 181 Å². The Morgan fingerprint density at radius 3 is 1.93 bits per heavy atom. The van der Waals surface area contributed by atoms with Crippen LogP contribution < -0.4 is 0 Å². The third kappa shape index (κ3) is 4.58. The molecule has 0 N–H and O–H groups in total. The Balaban J connectivity index is 1.29. The normalized spacial score (nSPS) is 16.3. The van der Waals surface area contributed by atoms with Gasteiger partial charge in [-0.1, -0.05) is 140 Å². The van der Waals surface area contributed by atoms with Crippen LogP contribution in [0, 0.1) is 5.92 Å². The minimum absolute atomic E-state index is 0.304. The summed E-state index contributed by atoms with van der Waals surface area (Å²) in [6.07, 6.45) is 7.10. The quantitative estimate of drug-likeness (QED) is 0.196. The Morgan fingerprint density at radius 1 is 0.500 bits per heavy atom. The minimum atomic E-state index is 0.304. The maximum absolute atomic E-state index is 2.45. The van der Waals surface area contributed by atoms with Gasteiger partial charge < -0.3 is 4.57 Å². The molecule has 1 nitrogen and oxygen atoms in total. The standard InChI is InChI=1S/C43H33N/c1-30-21-22-33(31-13-5-2-6-14-31)27-39(30)35-23-25-37(40(28-35)32-15-7-3-8-16-32)34-24-26-43-41(29-34)38-19-11-12-20-42(38)44(43)36-17-9-4-10-18-36/h2-30,39H,1H3. The van der Waals surface area contributed by atoms with Crippen LogP contribution in [0.4, 0.5) is 0 Å². The highest BCUT2D eigenvalue weighted by Crippen LogP contribution is 2.41. The summed E-state index contributed by atoms with van der Waals surface area (Å²) in [5.41, 5.74) is 12.5. The molecule has 0 bridgehead atoms. The van der Waals surface area contributed by atoms with Gasteiger partial charge in [-0.15, -0.1) is 0 Å². The second-order valence-electron chi connectivity index (χ2n) is 11.8. The lowest BCUT2D eigenvalue weighted by Gasteiger charge is -2.25. The van der Waals surface area contributed by atoms with Gasteiger partial charge in [-0.3, -0.25) is 0 Å². The molecule has 2 unspecified atom stereocenters. The second-order valence-corrected chi connectivity index (χ2v) is 11.8. The molecule has 1 heterocycles. The third-order valence-corrected chi connectivity index (χ3v) is 9.12. The molecule has 2 atom stereocenters. The molecular weight excluding hydrogens is 530 g/mol. The van der Waals surface area contributed by atoms with Crippen molar-refractivity contribution in [1.29, 1.82) is 0 Å². The SMILES string of the molecule is CC1C=CC(c2ccccc2)=CC1c1ccc(-c2ccc3c(c2)c2ccccc2n3-c2ccccc2)c(-c2ccccc2)c1. The molecule has 6 aromatic carbocycles. The van der Waals surface area contributed by atoms with E-state index in [1.165, 1.54) is 66.4 Å². The van der Waals surface area contributed by atoms with Gasteiger partial charge in [0.05, 0.1) is 11.0 Å². The number of allylic oxidation sites excluding steroid dienone is 4. The summed E-state index contributed by atoms with van der Waals surface area (Å²) >= 11 is 0. The average Bonchev–Trinajstić information content (AvgIpc) is 3.43. The summed E-state index contributed by atoms with van der Waals surface area (Å²) in [4.78, 5) is 0. The van der Waals surface area contributed by atoms with Crippen molar-refractivity contribution >= 4 is 27.4 Å². The number of hydrogen-bond acceptors (Lipinski definition) is 0. The molecule has 1 aliphatic rings. The number of para-hydroxylation sites is 2. The van der Waals surface area contributed by atoms with Crippen molar-refractivity contribution in [1.82, 2.24) is 4.57 Å². The first-order valence-electron chi connectivity index (χ1n) is 15.5. The molecular formula is C43H33N. The number of rotatable bonds is 5. The molecule has 0 aliphatic heterocycles. The lowest BCUT2D eigenvalue weighted by Crippen LogP contribution is -2.09. The molecule has 1 aliphatic carbocycles. The maximum Gasteiger partial charge on any atom is 0.0541 e. The van der Waals surface area contributed by atoms with Crippen LogP contribution >= 0.6 is 0 Å². The van der Waals surface area contributed by atoms with E-state index in [2.05, 4.69) is 181 Å². The van der Waals surface area contributed by atoms with Crippen molar-refractivity contribution in [2.24, 2.45) is 5.92 Å². The van der Waals surface area contributed by atoms with Crippen LogP contribution in [-0.2, 0) is 0 Å². The second kappa shape index (κ2) is 11.0. The molecule has 44 heavy (non-hydrogen) atoms. The highest BCUT2D eigenvalue weighted by Gasteiger charge is 2.22. The first-order valence-corrected chi connectivity index (χ1v) is 15.5. The van der Waals surface area contributed by atoms with Crippen LogP contribution in [0.25, 0.3) is 55.3 Å². The molecule has 0 spiro atoms. The molecule has 8 rings (SSSR count). The molecule has 1 aromatic heterocycles. The summed E-state index contributed by atoms with van der Waals surface area (Å²) in [5.74, 6) is 0.718. The molecule has 0 saturated heterocycles. The van der Waals surface area contributed by atoms with E-state index in [4.69, 9.17) is 0 Å². The van der Waals surface area contributed by atoms with E-state index in [9.17, 15) is 0 Å². The van der Waals surface area contributed by atoms with Gasteiger partial charge in [0.15, 0.2) is 0 Å². The van der Waals surface area contributed by atoms with Crippen molar-refractivity contribution in [2.45, 2.75) is 12.8 Å². The largest absolute Gasteiger partial charge is 0.309 e. The van der Waals surface area contributed by atoms with Crippen molar-refractivity contribution in [3.8, 4) is 27.9 Å². The van der Waals surface area contributed by atoms with Crippen LogP contribution in [0.1, 0.15) is 24.0 Å². The average molecular weight is 564 g/mol. The molecule has 210 valence electrons. The van der Waals surface area contributed by atoms with E-state index in [1.807, 2.05) is 0 Å². The highest BCUT2D eigenvalue weighted by molar-refractivity contribution is 6.10. The fraction of sp³-hybridized carbons (Fsp3) is 0.0698. The van der Waals surface area contributed by atoms with Crippen LogP contribution in [0.3, 0.4) is 0 Å². The van der Waals surface area contributed by atoms with Crippen molar-refractivity contribution in [2.75, 3.05) is 0 Å². The first-order chi connectivity index (χ1) is 21.7. The number of fused-ring (bicyclic) bond motifs is 3. The van der Waals surface area contributed by atoms with E-state index in [-0.39, 0.29) is 0 Å². The van der Waals surface area contributed by atoms with Crippen LogP contribution in [0.15, 0.2) is 170 Å². The van der Waals surface area contributed by atoms with Crippen molar-refractivity contribution in [3.63, 3.8) is 0 Å². The predicted octanol–water partition coefficient (Wildman–Crippen LogP) is 11.5. The van der Waals surface area contributed by atoms with Crippen LogP contribution in [0.5, 0.6) is 0 Å². The lowest BCUT2D eigenvalue weighted by molar-refractivity contribution is 0.638. The van der Waals surface area contributed by atoms with Gasteiger partial charge in [-0.2, -0.15) is 0 Å². The Bertz CT molecular complexity index is 2170. The zero-order chi connectivity index (χ0) is 29.5. The summed E-state index contributed by atoms with van der Waals surface area (Å²) < 4.78 is 2.38. The number of hydrogen-bond donors (Lipinski definition) is 0. The van der Waals surface area contributed by atoms with Gasteiger partial charge in [0.1, 0.15) is 0 Å². The summed E-state index contributed by atoms with van der Waals surface area (Å²) in [6, 6.07) is 55.1. The van der Waals surface area contributed by atoms with Crippen LogP contribution in [0.2, 0.25) is 0 Å². The number of nitrogens with zero attached hydrogens (tertiary/aromatic N) is 1. The minimum Gasteiger partial charge on any atom is -0.309 e. The summed E-state index contributed by atoms with van der Waals surface area (Å²) in [5, 5.41) is 2.54. The Kier molecular flexibility index (Phi) is 6.57. The van der Waals surface area contributed by atoms with Gasteiger partial charge in [0.2, 0.25) is 0 Å². The molecule has 0 radical (unpaired) electrons.